The molecule has 4 rings (SSSR count). The summed E-state index contributed by atoms with van der Waals surface area (Å²) in [6.07, 6.45) is 1.54. The number of nitrogens with one attached hydrogen (secondary N) is 1. The number of benzene rings is 2. The second kappa shape index (κ2) is 11.3. The van der Waals surface area contributed by atoms with E-state index in [1.807, 2.05) is 60.7 Å². The van der Waals surface area contributed by atoms with Crippen LogP contribution in [0.4, 0.5) is 11.5 Å². The number of pyridine rings is 1. The Kier molecular flexibility index (Phi) is 7.72. The van der Waals surface area contributed by atoms with Crippen LogP contribution in [0.15, 0.2) is 72.9 Å². The normalized spacial score (nSPS) is 13.9. The average molecular weight is 461 g/mol. The number of hydrogen-bond donors (Lipinski definition) is 1. The second-order valence-electron chi connectivity index (χ2n) is 7.88. The Morgan fingerprint density at radius 2 is 1.71 bits per heavy atom. The third-order valence-electron chi connectivity index (χ3n) is 5.42. The third-order valence-corrected chi connectivity index (χ3v) is 5.42. The molecule has 1 N–H and O–H groups in total. The zero-order valence-corrected chi connectivity index (χ0v) is 19.1. The van der Waals surface area contributed by atoms with E-state index in [4.69, 9.17) is 9.47 Å². The zero-order chi connectivity index (χ0) is 23.8. The summed E-state index contributed by atoms with van der Waals surface area (Å²) in [5, 5.41) is 2.96. The molecular formula is C26H28N4O4. The lowest BCUT2D eigenvalue weighted by atomic mass is 10.2. The molecule has 176 valence electrons. The van der Waals surface area contributed by atoms with Crippen LogP contribution in [-0.4, -0.2) is 61.1 Å². The number of amides is 1. The SMILES string of the molecule is CCOC(=O)c1ccc(N2CCN(CC(=O)Nc3cccc(Oc4ccccc4)c3)CC2)nc1. The number of para-hydroxylation sites is 1. The largest absolute Gasteiger partial charge is 0.462 e. The highest BCUT2D eigenvalue weighted by atomic mass is 16.5. The van der Waals surface area contributed by atoms with Gasteiger partial charge in [-0.05, 0) is 43.3 Å². The van der Waals surface area contributed by atoms with Crippen LogP contribution >= 0.6 is 0 Å². The first-order valence-corrected chi connectivity index (χ1v) is 11.3. The molecule has 8 heteroatoms. The van der Waals surface area contributed by atoms with Gasteiger partial charge in [0, 0.05) is 44.1 Å². The van der Waals surface area contributed by atoms with Gasteiger partial charge in [0.15, 0.2) is 0 Å². The molecule has 2 aromatic carbocycles. The van der Waals surface area contributed by atoms with Gasteiger partial charge in [0.25, 0.3) is 0 Å². The predicted molar refractivity (Wildman–Crippen MR) is 130 cm³/mol. The van der Waals surface area contributed by atoms with Crippen molar-refractivity contribution in [2.24, 2.45) is 0 Å². The number of hydrogen-bond acceptors (Lipinski definition) is 7. The van der Waals surface area contributed by atoms with E-state index in [0.29, 0.717) is 30.2 Å². The van der Waals surface area contributed by atoms with Crippen LogP contribution in [0.2, 0.25) is 0 Å². The fourth-order valence-electron chi connectivity index (χ4n) is 3.71. The molecule has 1 amide bonds. The molecule has 0 radical (unpaired) electrons. The van der Waals surface area contributed by atoms with Gasteiger partial charge in [-0.25, -0.2) is 9.78 Å². The molecule has 1 aromatic heterocycles. The minimum absolute atomic E-state index is 0.0674. The Hall–Kier alpha value is -3.91. The number of carbonyl (C=O) groups excluding carboxylic acids is 2. The number of rotatable bonds is 8. The molecular weight excluding hydrogens is 432 g/mol. The van der Waals surface area contributed by atoms with Gasteiger partial charge >= 0.3 is 5.97 Å². The second-order valence-corrected chi connectivity index (χ2v) is 7.88. The summed E-state index contributed by atoms with van der Waals surface area (Å²) in [4.78, 5) is 33.0. The summed E-state index contributed by atoms with van der Waals surface area (Å²) in [5.74, 6) is 1.79. The quantitative estimate of drug-likeness (QED) is 0.512. The van der Waals surface area contributed by atoms with Crippen LogP contribution in [0, 0.1) is 0 Å². The highest BCUT2D eigenvalue weighted by molar-refractivity contribution is 5.92. The maximum atomic E-state index is 12.6. The van der Waals surface area contributed by atoms with Gasteiger partial charge in [-0.15, -0.1) is 0 Å². The standard InChI is InChI=1S/C26H28N4O4/c1-2-33-26(32)20-11-12-24(27-18-20)30-15-13-29(14-16-30)19-25(31)28-21-7-6-10-23(17-21)34-22-8-4-3-5-9-22/h3-12,17-18H,2,13-16,19H2,1H3,(H,28,31). The van der Waals surface area contributed by atoms with Gasteiger partial charge in [-0.3, -0.25) is 9.69 Å². The van der Waals surface area contributed by atoms with Crippen molar-refractivity contribution >= 4 is 23.4 Å². The maximum absolute atomic E-state index is 12.6. The van der Waals surface area contributed by atoms with Crippen molar-refractivity contribution in [3.8, 4) is 11.5 Å². The molecule has 0 saturated carbocycles. The summed E-state index contributed by atoms with van der Waals surface area (Å²) in [6.45, 7) is 5.41. The molecule has 1 aliphatic rings. The Labute approximate surface area is 199 Å². The van der Waals surface area contributed by atoms with Gasteiger partial charge in [-0.1, -0.05) is 24.3 Å². The van der Waals surface area contributed by atoms with Crippen molar-refractivity contribution < 1.29 is 19.1 Å². The van der Waals surface area contributed by atoms with E-state index in [-0.39, 0.29) is 11.9 Å². The van der Waals surface area contributed by atoms with Crippen molar-refractivity contribution in [3.05, 3.63) is 78.5 Å². The fourth-order valence-corrected chi connectivity index (χ4v) is 3.71. The minimum atomic E-state index is -0.366. The van der Waals surface area contributed by atoms with Crippen LogP contribution in [0.1, 0.15) is 17.3 Å². The van der Waals surface area contributed by atoms with E-state index in [1.54, 1.807) is 19.2 Å². The Morgan fingerprint density at radius 3 is 2.41 bits per heavy atom. The molecule has 0 bridgehead atoms. The summed E-state index contributed by atoms with van der Waals surface area (Å²) < 4.78 is 10.8. The molecule has 2 heterocycles. The van der Waals surface area contributed by atoms with Crippen molar-refractivity contribution in [3.63, 3.8) is 0 Å². The van der Waals surface area contributed by atoms with Gasteiger partial charge < -0.3 is 19.7 Å². The Bertz CT molecular complexity index is 1100. The van der Waals surface area contributed by atoms with E-state index in [0.717, 1.165) is 37.7 Å². The van der Waals surface area contributed by atoms with Crippen LogP contribution in [0.5, 0.6) is 11.5 Å². The van der Waals surface area contributed by atoms with Gasteiger partial charge in [-0.2, -0.15) is 0 Å². The molecule has 1 fully saturated rings. The lowest BCUT2D eigenvalue weighted by Gasteiger charge is -2.35. The number of esters is 1. The highest BCUT2D eigenvalue weighted by Crippen LogP contribution is 2.24. The smallest absolute Gasteiger partial charge is 0.339 e. The summed E-state index contributed by atoms with van der Waals surface area (Å²) >= 11 is 0. The van der Waals surface area contributed by atoms with Crippen LogP contribution in [0.25, 0.3) is 0 Å². The van der Waals surface area contributed by atoms with Crippen LogP contribution < -0.4 is 15.0 Å². The molecule has 0 unspecified atom stereocenters. The average Bonchev–Trinajstić information content (AvgIpc) is 2.85. The number of aromatic nitrogens is 1. The molecule has 3 aromatic rings. The van der Waals surface area contributed by atoms with E-state index >= 15 is 0 Å². The van der Waals surface area contributed by atoms with Crippen molar-refractivity contribution in [2.75, 3.05) is 49.5 Å². The fraction of sp³-hybridized carbons (Fsp3) is 0.269. The minimum Gasteiger partial charge on any atom is -0.462 e. The van der Waals surface area contributed by atoms with Gasteiger partial charge in [0.1, 0.15) is 17.3 Å². The first kappa shape index (κ1) is 23.3. The van der Waals surface area contributed by atoms with Crippen molar-refractivity contribution in [2.45, 2.75) is 6.92 Å². The van der Waals surface area contributed by atoms with Crippen LogP contribution in [-0.2, 0) is 9.53 Å². The summed E-state index contributed by atoms with van der Waals surface area (Å²) in [6, 6.07) is 20.5. The lowest BCUT2D eigenvalue weighted by molar-refractivity contribution is -0.117. The molecule has 34 heavy (non-hydrogen) atoms. The number of ether oxygens (including phenoxy) is 2. The zero-order valence-electron chi connectivity index (χ0n) is 19.1. The first-order valence-electron chi connectivity index (χ1n) is 11.3. The maximum Gasteiger partial charge on any atom is 0.339 e. The van der Waals surface area contributed by atoms with Gasteiger partial charge in [0.05, 0.1) is 18.7 Å². The summed E-state index contributed by atoms with van der Waals surface area (Å²) in [5.41, 5.74) is 1.14. The topological polar surface area (TPSA) is 84.0 Å². The molecule has 8 nitrogen and oxygen atoms in total. The summed E-state index contributed by atoms with van der Waals surface area (Å²) in [7, 11) is 0. The number of carbonyl (C=O) groups is 2. The van der Waals surface area contributed by atoms with Gasteiger partial charge in [0.2, 0.25) is 5.91 Å². The van der Waals surface area contributed by atoms with E-state index in [2.05, 4.69) is 20.1 Å². The molecule has 0 aliphatic carbocycles. The highest BCUT2D eigenvalue weighted by Gasteiger charge is 2.20. The van der Waals surface area contributed by atoms with Crippen molar-refractivity contribution in [1.82, 2.24) is 9.88 Å². The number of anilines is 2. The number of nitrogens with zero attached hydrogens (tertiary/aromatic N) is 3. The number of piperazine rings is 1. The monoisotopic (exact) mass is 460 g/mol. The van der Waals surface area contributed by atoms with E-state index < -0.39 is 0 Å². The Morgan fingerprint density at radius 1 is 0.941 bits per heavy atom. The third kappa shape index (κ3) is 6.32. The molecule has 0 spiro atoms. The van der Waals surface area contributed by atoms with E-state index in [9.17, 15) is 9.59 Å². The molecule has 1 aliphatic heterocycles. The van der Waals surface area contributed by atoms with Crippen molar-refractivity contribution in [1.29, 1.82) is 0 Å². The Balaban J connectivity index is 1.25. The molecule has 1 saturated heterocycles. The molecule has 0 atom stereocenters. The van der Waals surface area contributed by atoms with E-state index in [1.165, 1.54) is 0 Å². The first-order chi connectivity index (χ1) is 16.6. The van der Waals surface area contributed by atoms with Crippen LogP contribution in [0.3, 0.4) is 0 Å². The lowest BCUT2D eigenvalue weighted by Crippen LogP contribution is -2.48. The predicted octanol–water partition coefficient (Wildman–Crippen LogP) is 3.81.